The molecule has 23 heavy (non-hydrogen) atoms. The largest absolute Gasteiger partial charge is 0.412 e. The van der Waals surface area contributed by atoms with Gasteiger partial charge in [-0.3, -0.25) is 0 Å². The fourth-order valence-electron chi connectivity index (χ4n) is 2.07. The summed E-state index contributed by atoms with van der Waals surface area (Å²) in [4.78, 5) is 11.8. The lowest BCUT2D eigenvalue weighted by molar-refractivity contribution is -0.154. The standard InChI is InChI=1S/C17H17F3N2O/c1-12-7-9-14(10-8-12)15(17(18,19)20)22-16(23)21-11-13-5-3-2-4-6-13/h2-10,15H,11H2,1H3,(H2,21,22,23)/t15-/m0/s1. The highest BCUT2D eigenvalue weighted by Crippen LogP contribution is 2.32. The summed E-state index contributed by atoms with van der Waals surface area (Å²) in [6, 6.07) is 11.9. The number of aryl methyl sites for hydroxylation is 1. The lowest BCUT2D eigenvalue weighted by atomic mass is 10.0. The molecule has 0 radical (unpaired) electrons. The molecule has 2 amide bonds. The van der Waals surface area contributed by atoms with Crippen LogP contribution in [0.1, 0.15) is 22.7 Å². The molecule has 0 aromatic heterocycles. The van der Waals surface area contributed by atoms with Crippen LogP contribution in [0.15, 0.2) is 54.6 Å². The highest BCUT2D eigenvalue weighted by molar-refractivity contribution is 5.74. The van der Waals surface area contributed by atoms with E-state index in [1.165, 1.54) is 12.1 Å². The third-order valence-corrected chi connectivity index (χ3v) is 3.31. The Morgan fingerprint density at radius 3 is 2.22 bits per heavy atom. The quantitative estimate of drug-likeness (QED) is 0.874. The van der Waals surface area contributed by atoms with Crippen LogP contribution in [0.4, 0.5) is 18.0 Å². The zero-order valence-corrected chi connectivity index (χ0v) is 12.5. The third kappa shape index (κ3) is 5.02. The first-order valence-electron chi connectivity index (χ1n) is 7.08. The Labute approximate surface area is 132 Å². The smallest absolute Gasteiger partial charge is 0.334 e. The maximum Gasteiger partial charge on any atom is 0.412 e. The van der Waals surface area contributed by atoms with Gasteiger partial charge in [0.05, 0.1) is 0 Å². The number of benzene rings is 2. The number of nitrogens with one attached hydrogen (secondary N) is 2. The Morgan fingerprint density at radius 1 is 1.04 bits per heavy atom. The Hall–Kier alpha value is -2.50. The molecule has 3 nitrogen and oxygen atoms in total. The summed E-state index contributed by atoms with van der Waals surface area (Å²) in [6.45, 7) is 1.94. The average Bonchev–Trinajstić information content (AvgIpc) is 2.52. The van der Waals surface area contributed by atoms with E-state index in [4.69, 9.17) is 0 Å². The second-order valence-corrected chi connectivity index (χ2v) is 5.20. The lowest BCUT2D eigenvalue weighted by Gasteiger charge is -2.22. The summed E-state index contributed by atoms with van der Waals surface area (Å²) in [5.41, 5.74) is 1.66. The van der Waals surface area contributed by atoms with E-state index in [9.17, 15) is 18.0 Å². The van der Waals surface area contributed by atoms with Crippen molar-refractivity contribution in [2.24, 2.45) is 0 Å². The second-order valence-electron chi connectivity index (χ2n) is 5.20. The molecule has 2 rings (SSSR count). The van der Waals surface area contributed by atoms with Gasteiger partial charge in [0.2, 0.25) is 0 Å². The number of halogens is 3. The minimum atomic E-state index is -4.57. The first-order chi connectivity index (χ1) is 10.9. The van der Waals surface area contributed by atoms with Crippen molar-refractivity contribution < 1.29 is 18.0 Å². The van der Waals surface area contributed by atoms with E-state index < -0.39 is 18.2 Å². The lowest BCUT2D eigenvalue weighted by Crippen LogP contribution is -2.43. The minimum absolute atomic E-state index is 0.00189. The van der Waals surface area contributed by atoms with Crippen LogP contribution in [0.25, 0.3) is 0 Å². The SMILES string of the molecule is Cc1ccc([C@H](NC(=O)NCc2ccccc2)C(F)(F)F)cc1. The van der Waals surface area contributed by atoms with Crippen LogP contribution in [0.2, 0.25) is 0 Å². The van der Waals surface area contributed by atoms with E-state index in [0.717, 1.165) is 11.1 Å². The molecule has 2 N–H and O–H groups in total. The Balaban J connectivity index is 2.03. The Morgan fingerprint density at radius 2 is 1.65 bits per heavy atom. The van der Waals surface area contributed by atoms with Crippen molar-refractivity contribution in [3.63, 3.8) is 0 Å². The molecule has 0 bridgehead atoms. The van der Waals surface area contributed by atoms with Crippen LogP contribution in [0.5, 0.6) is 0 Å². The summed E-state index contributed by atoms with van der Waals surface area (Å²) >= 11 is 0. The van der Waals surface area contributed by atoms with Crippen LogP contribution in [0, 0.1) is 6.92 Å². The fourth-order valence-corrected chi connectivity index (χ4v) is 2.07. The van der Waals surface area contributed by atoms with Gasteiger partial charge < -0.3 is 10.6 Å². The van der Waals surface area contributed by atoms with Gasteiger partial charge in [-0.05, 0) is 18.1 Å². The molecule has 0 fully saturated rings. The predicted molar refractivity (Wildman–Crippen MR) is 81.8 cm³/mol. The molecule has 0 spiro atoms. The van der Waals surface area contributed by atoms with Gasteiger partial charge in [0.25, 0.3) is 0 Å². The molecule has 2 aromatic rings. The predicted octanol–water partition coefficient (Wildman–Crippen LogP) is 4.10. The van der Waals surface area contributed by atoms with Gasteiger partial charge in [-0.2, -0.15) is 13.2 Å². The maximum atomic E-state index is 13.2. The van der Waals surface area contributed by atoms with E-state index in [1.54, 1.807) is 43.3 Å². The maximum absolute atomic E-state index is 13.2. The molecule has 6 heteroatoms. The van der Waals surface area contributed by atoms with Crippen molar-refractivity contribution in [1.29, 1.82) is 0 Å². The molecule has 0 aliphatic carbocycles. The highest BCUT2D eigenvalue weighted by Gasteiger charge is 2.41. The van der Waals surface area contributed by atoms with Gasteiger partial charge >= 0.3 is 12.2 Å². The molecule has 122 valence electrons. The molecule has 0 heterocycles. The monoisotopic (exact) mass is 322 g/mol. The fraction of sp³-hybridized carbons (Fsp3) is 0.235. The van der Waals surface area contributed by atoms with Gasteiger partial charge in [0.1, 0.15) is 0 Å². The van der Waals surface area contributed by atoms with Crippen molar-refractivity contribution >= 4 is 6.03 Å². The van der Waals surface area contributed by atoms with Crippen molar-refractivity contribution in [2.75, 3.05) is 0 Å². The van der Waals surface area contributed by atoms with E-state index in [0.29, 0.717) is 0 Å². The number of hydrogen-bond donors (Lipinski definition) is 2. The highest BCUT2D eigenvalue weighted by atomic mass is 19.4. The van der Waals surface area contributed by atoms with Crippen LogP contribution in [-0.2, 0) is 6.54 Å². The van der Waals surface area contributed by atoms with Gasteiger partial charge in [-0.15, -0.1) is 0 Å². The van der Waals surface area contributed by atoms with Crippen molar-refractivity contribution in [1.82, 2.24) is 10.6 Å². The van der Waals surface area contributed by atoms with Crippen molar-refractivity contribution in [2.45, 2.75) is 25.7 Å². The molecule has 0 saturated carbocycles. The number of carbonyl (C=O) groups excluding carboxylic acids is 1. The van der Waals surface area contributed by atoms with Gasteiger partial charge in [-0.25, -0.2) is 4.79 Å². The van der Waals surface area contributed by atoms with Crippen LogP contribution >= 0.6 is 0 Å². The Bertz CT molecular complexity index is 639. The number of hydrogen-bond acceptors (Lipinski definition) is 1. The number of alkyl halides is 3. The molecular weight excluding hydrogens is 305 g/mol. The van der Waals surface area contributed by atoms with E-state index in [-0.39, 0.29) is 12.1 Å². The number of urea groups is 1. The Kier molecular flexibility index (Phi) is 5.26. The molecule has 0 unspecified atom stereocenters. The summed E-state index contributed by atoms with van der Waals surface area (Å²) in [5.74, 6) is 0. The number of carbonyl (C=O) groups is 1. The molecule has 0 saturated heterocycles. The van der Waals surface area contributed by atoms with Crippen LogP contribution in [-0.4, -0.2) is 12.2 Å². The van der Waals surface area contributed by atoms with Gasteiger partial charge in [-0.1, -0.05) is 60.2 Å². The van der Waals surface area contributed by atoms with E-state index >= 15 is 0 Å². The number of amides is 2. The van der Waals surface area contributed by atoms with Gasteiger partial charge in [0.15, 0.2) is 6.04 Å². The summed E-state index contributed by atoms with van der Waals surface area (Å²) in [5, 5.41) is 4.42. The van der Waals surface area contributed by atoms with Crippen molar-refractivity contribution in [3.8, 4) is 0 Å². The first kappa shape index (κ1) is 16.9. The summed E-state index contributed by atoms with van der Waals surface area (Å²) < 4.78 is 39.6. The topological polar surface area (TPSA) is 41.1 Å². The summed E-state index contributed by atoms with van der Waals surface area (Å²) in [6.07, 6.45) is -4.57. The minimum Gasteiger partial charge on any atom is -0.334 e. The van der Waals surface area contributed by atoms with E-state index in [2.05, 4.69) is 5.32 Å². The zero-order chi connectivity index (χ0) is 16.9. The van der Waals surface area contributed by atoms with Crippen LogP contribution < -0.4 is 10.6 Å². The molecule has 2 aromatic carbocycles. The molecular formula is C17H17F3N2O. The second kappa shape index (κ2) is 7.17. The van der Waals surface area contributed by atoms with Gasteiger partial charge in [0, 0.05) is 6.54 Å². The van der Waals surface area contributed by atoms with Crippen molar-refractivity contribution in [3.05, 3.63) is 71.3 Å². The average molecular weight is 322 g/mol. The number of rotatable bonds is 4. The summed E-state index contributed by atoms with van der Waals surface area (Å²) in [7, 11) is 0. The normalized spacial score (nSPS) is 12.5. The first-order valence-corrected chi connectivity index (χ1v) is 7.08. The third-order valence-electron chi connectivity index (χ3n) is 3.31. The molecule has 0 aliphatic heterocycles. The van der Waals surface area contributed by atoms with E-state index in [1.807, 2.05) is 11.4 Å². The molecule has 0 aliphatic rings. The molecule has 1 atom stereocenters. The zero-order valence-electron chi connectivity index (χ0n) is 12.5. The van der Waals surface area contributed by atoms with Crippen LogP contribution in [0.3, 0.4) is 0 Å².